The van der Waals surface area contributed by atoms with E-state index in [1.54, 1.807) is 0 Å². The van der Waals surface area contributed by atoms with Gasteiger partial charge >= 0.3 is 0 Å². The Morgan fingerprint density at radius 3 is 3.06 bits per heavy atom. The van der Waals surface area contributed by atoms with E-state index in [9.17, 15) is 4.79 Å². The van der Waals surface area contributed by atoms with Gasteiger partial charge in [-0.25, -0.2) is 0 Å². The lowest BCUT2D eigenvalue weighted by atomic mass is 9.58. The third kappa shape index (κ3) is 1.77. The predicted octanol–water partition coefficient (Wildman–Crippen LogP) is 3.90. The highest BCUT2D eigenvalue weighted by atomic mass is 16.1. The summed E-state index contributed by atoms with van der Waals surface area (Å²) in [5, 5.41) is 0. The molecule has 0 saturated heterocycles. The van der Waals surface area contributed by atoms with Gasteiger partial charge < -0.3 is 4.79 Å². The zero-order valence-corrected chi connectivity index (χ0v) is 10.5. The van der Waals surface area contributed by atoms with Crippen LogP contribution in [0.4, 0.5) is 0 Å². The monoisotopic (exact) mass is 218 g/mol. The van der Waals surface area contributed by atoms with Crippen molar-refractivity contribution >= 4 is 6.29 Å². The van der Waals surface area contributed by atoms with Gasteiger partial charge in [0.05, 0.1) is 0 Å². The fourth-order valence-electron chi connectivity index (χ4n) is 3.33. The predicted molar refractivity (Wildman–Crippen MR) is 67.1 cm³/mol. The minimum Gasteiger partial charge on any atom is -0.303 e. The molecule has 0 N–H and O–H groups in total. The molecule has 1 heteroatoms. The van der Waals surface area contributed by atoms with Gasteiger partial charge in [0, 0.05) is 5.92 Å². The third-order valence-corrected chi connectivity index (χ3v) is 4.76. The summed E-state index contributed by atoms with van der Waals surface area (Å²) in [6.07, 6.45) is 9.38. The maximum Gasteiger partial charge on any atom is 0.126 e. The van der Waals surface area contributed by atoms with E-state index >= 15 is 0 Å². The highest BCUT2D eigenvalue weighted by molar-refractivity contribution is 5.58. The van der Waals surface area contributed by atoms with E-state index in [4.69, 9.17) is 0 Å². The third-order valence-electron chi connectivity index (χ3n) is 4.76. The Morgan fingerprint density at radius 1 is 1.62 bits per heavy atom. The van der Waals surface area contributed by atoms with Crippen LogP contribution in [-0.2, 0) is 4.79 Å². The van der Waals surface area contributed by atoms with Crippen molar-refractivity contribution in [2.24, 2.45) is 17.3 Å². The number of carbonyl (C=O) groups is 1. The molecule has 2 aliphatic carbocycles. The van der Waals surface area contributed by atoms with Crippen molar-refractivity contribution in [3.05, 3.63) is 23.8 Å². The molecule has 0 aromatic rings. The molecule has 0 aliphatic heterocycles. The number of carbonyl (C=O) groups excluding carboxylic acids is 1. The zero-order chi connectivity index (χ0) is 11.8. The van der Waals surface area contributed by atoms with Crippen LogP contribution in [0.3, 0.4) is 0 Å². The molecule has 0 aromatic carbocycles. The van der Waals surface area contributed by atoms with Crippen LogP contribution in [-0.4, -0.2) is 6.29 Å². The van der Waals surface area contributed by atoms with Crippen LogP contribution in [0.1, 0.15) is 46.0 Å². The Bertz CT molecular complexity index is 339. The van der Waals surface area contributed by atoms with Crippen LogP contribution in [0.25, 0.3) is 0 Å². The number of fused-ring (bicyclic) bond motifs is 1. The lowest BCUT2D eigenvalue weighted by Crippen LogP contribution is -2.36. The molecule has 1 unspecified atom stereocenters. The largest absolute Gasteiger partial charge is 0.303 e. The second kappa shape index (κ2) is 4.20. The van der Waals surface area contributed by atoms with Crippen molar-refractivity contribution < 1.29 is 4.79 Å². The van der Waals surface area contributed by atoms with E-state index in [2.05, 4.69) is 19.6 Å². The first kappa shape index (κ1) is 11.6. The van der Waals surface area contributed by atoms with E-state index in [1.807, 2.05) is 6.92 Å². The summed E-state index contributed by atoms with van der Waals surface area (Å²) in [7, 11) is 0. The Labute approximate surface area is 98.6 Å². The molecule has 0 radical (unpaired) electrons. The number of hydrogen-bond acceptors (Lipinski definition) is 1. The number of hydrogen-bond donors (Lipinski definition) is 0. The second-order valence-electron chi connectivity index (χ2n) is 5.73. The molecule has 0 spiro atoms. The molecule has 1 saturated carbocycles. The van der Waals surface area contributed by atoms with Crippen LogP contribution >= 0.6 is 0 Å². The smallest absolute Gasteiger partial charge is 0.126 e. The van der Waals surface area contributed by atoms with Gasteiger partial charge in [-0.05, 0) is 43.4 Å². The van der Waals surface area contributed by atoms with Gasteiger partial charge in [0.2, 0.25) is 0 Å². The average Bonchev–Trinajstić information content (AvgIpc) is 2.29. The SMILES string of the molecule is C=C1CCC[C@H]2CC=C(C(C)C=O)C[C@@]12C. The molecule has 0 heterocycles. The zero-order valence-electron chi connectivity index (χ0n) is 10.5. The Kier molecular flexibility index (Phi) is 3.05. The minimum atomic E-state index is 0.0903. The Hall–Kier alpha value is -0.850. The van der Waals surface area contributed by atoms with Gasteiger partial charge in [0.15, 0.2) is 0 Å². The Balaban J connectivity index is 2.24. The van der Waals surface area contributed by atoms with Crippen molar-refractivity contribution in [2.45, 2.75) is 46.0 Å². The number of rotatable bonds is 2. The molecule has 1 nitrogen and oxygen atoms in total. The van der Waals surface area contributed by atoms with Gasteiger partial charge in [-0.2, -0.15) is 0 Å². The van der Waals surface area contributed by atoms with Gasteiger partial charge in [0.1, 0.15) is 6.29 Å². The molecular formula is C15H22O. The molecule has 2 rings (SSSR count). The molecule has 3 atom stereocenters. The highest BCUT2D eigenvalue weighted by Gasteiger charge is 2.41. The molecule has 0 bridgehead atoms. The highest BCUT2D eigenvalue weighted by Crippen LogP contribution is 2.53. The lowest BCUT2D eigenvalue weighted by Gasteiger charge is -2.47. The second-order valence-corrected chi connectivity index (χ2v) is 5.73. The van der Waals surface area contributed by atoms with Crippen molar-refractivity contribution in [1.82, 2.24) is 0 Å². The molecule has 88 valence electrons. The molecular weight excluding hydrogens is 196 g/mol. The Morgan fingerprint density at radius 2 is 2.38 bits per heavy atom. The van der Waals surface area contributed by atoms with E-state index in [1.165, 1.54) is 30.4 Å². The first-order valence-corrected chi connectivity index (χ1v) is 6.40. The maximum absolute atomic E-state index is 10.9. The van der Waals surface area contributed by atoms with E-state index in [0.717, 1.165) is 25.0 Å². The van der Waals surface area contributed by atoms with Crippen LogP contribution in [0.15, 0.2) is 23.8 Å². The minimum absolute atomic E-state index is 0.0903. The average molecular weight is 218 g/mol. The molecule has 2 aliphatic rings. The van der Waals surface area contributed by atoms with Gasteiger partial charge in [-0.15, -0.1) is 0 Å². The fourth-order valence-corrected chi connectivity index (χ4v) is 3.33. The summed E-state index contributed by atoms with van der Waals surface area (Å²) in [5.74, 6) is 0.851. The van der Waals surface area contributed by atoms with Crippen molar-refractivity contribution in [3.63, 3.8) is 0 Å². The summed E-state index contributed by atoms with van der Waals surface area (Å²) in [6.45, 7) is 8.63. The van der Waals surface area contributed by atoms with Crippen LogP contribution < -0.4 is 0 Å². The first-order valence-electron chi connectivity index (χ1n) is 6.40. The summed E-state index contributed by atoms with van der Waals surface area (Å²) < 4.78 is 0. The molecule has 16 heavy (non-hydrogen) atoms. The van der Waals surface area contributed by atoms with Crippen LogP contribution in [0.5, 0.6) is 0 Å². The summed E-state index contributed by atoms with van der Waals surface area (Å²) in [5.41, 5.74) is 3.00. The molecule has 1 fully saturated rings. The van der Waals surface area contributed by atoms with Crippen LogP contribution in [0, 0.1) is 17.3 Å². The summed E-state index contributed by atoms with van der Waals surface area (Å²) in [6, 6.07) is 0. The van der Waals surface area contributed by atoms with Crippen LogP contribution in [0.2, 0.25) is 0 Å². The lowest BCUT2D eigenvalue weighted by molar-refractivity contribution is -0.109. The van der Waals surface area contributed by atoms with Crippen molar-refractivity contribution in [2.75, 3.05) is 0 Å². The quantitative estimate of drug-likeness (QED) is 0.507. The van der Waals surface area contributed by atoms with Crippen molar-refractivity contribution in [3.8, 4) is 0 Å². The summed E-state index contributed by atoms with van der Waals surface area (Å²) in [4.78, 5) is 10.9. The first-order chi connectivity index (χ1) is 7.58. The standard InChI is InChI=1S/C15H22O/c1-11(10-16)13-7-8-14-6-4-5-12(2)15(14,3)9-13/h7,10-11,14H,2,4-6,8-9H2,1,3H3/t11?,14-,15-/m0/s1. The number of aldehydes is 1. The van der Waals surface area contributed by atoms with Gasteiger partial charge in [-0.3, -0.25) is 0 Å². The van der Waals surface area contributed by atoms with Gasteiger partial charge in [0.25, 0.3) is 0 Å². The van der Waals surface area contributed by atoms with Crippen molar-refractivity contribution in [1.29, 1.82) is 0 Å². The van der Waals surface area contributed by atoms with Gasteiger partial charge in [-0.1, -0.05) is 37.6 Å². The molecule has 0 amide bonds. The summed E-state index contributed by atoms with van der Waals surface area (Å²) >= 11 is 0. The fraction of sp³-hybridized carbons (Fsp3) is 0.667. The van der Waals surface area contributed by atoms with E-state index in [0.29, 0.717) is 0 Å². The molecule has 0 aromatic heterocycles. The topological polar surface area (TPSA) is 17.1 Å². The number of allylic oxidation sites excluding steroid dienone is 3. The normalized spacial score (nSPS) is 36.2. The maximum atomic E-state index is 10.9. The van der Waals surface area contributed by atoms with E-state index < -0.39 is 0 Å². The van der Waals surface area contributed by atoms with E-state index in [-0.39, 0.29) is 11.3 Å².